The van der Waals surface area contributed by atoms with Gasteiger partial charge >= 0.3 is 5.97 Å². The lowest BCUT2D eigenvalue weighted by molar-refractivity contribution is 0.0733. The summed E-state index contributed by atoms with van der Waals surface area (Å²) < 4.78 is 12.1. The van der Waals surface area contributed by atoms with Crippen LogP contribution < -0.4 is 10.2 Å². The number of aryl methyl sites for hydroxylation is 2. The highest BCUT2D eigenvalue weighted by Crippen LogP contribution is 2.33. The second kappa shape index (κ2) is 9.45. The zero-order chi connectivity index (χ0) is 26.2. The number of ether oxygens (including phenoxy) is 1. The first-order chi connectivity index (χ1) is 18.5. The molecule has 0 aliphatic carbocycles. The number of para-hydroxylation sites is 1. The quantitative estimate of drug-likeness (QED) is 0.236. The number of pyridine rings is 1. The monoisotopic (exact) mass is 497 g/mol. The van der Waals surface area contributed by atoms with E-state index in [0.29, 0.717) is 38.7 Å². The summed E-state index contributed by atoms with van der Waals surface area (Å²) >= 11 is 0. The number of carbonyl (C=O) groups excluding carboxylic acids is 1. The number of rotatable bonds is 4. The van der Waals surface area contributed by atoms with E-state index in [0.717, 1.165) is 16.7 Å². The van der Waals surface area contributed by atoms with E-state index < -0.39 is 11.4 Å². The largest absolute Gasteiger partial charge is 0.452 e. The molecule has 0 amide bonds. The van der Waals surface area contributed by atoms with Crippen LogP contribution in [0.15, 0.2) is 112 Å². The Kier molecular flexibility index (Phi) is 5.81. The van der Waals surface area contributed by atoms with Crippen LogP contribution in [0.2, 0.25) is 0 Å². The second-order valence-electron chi connectivity index (χ2n) is 9.22. The third kappa shape index (κ3) is 4.14. The Morgan fingerprint density at radius 1 is 0.737 bits per heavy atom. The summed E-state index contributed by atoms with van der Waals surface area (Å²) in [7, 11) is 0. The second-order valence-corrected chi connectivity index (χ2v) is 9.22. The average molecular weight is 498 g/mol. The van der Waals surface area contributed by atoms with Gasteiger partial charge in [0.25, 0.3) is 0 Å². The molecule has 184 valence electrons. The Morgan fingerprint density at radius 3 is 2.11 bits per heavy atom. The molecule has 0 fully saturated rings. The normalized spacial score (nSPS) is 11.1. The molecule has 6 aromatic rings. The lowest BCUT2D eigenvalue weighted by Gasteiger charge is -2.13. The van der Waals surface area contributed by atoms with Crippen LogP contribution in [0.1, 0.15) is 21.5 Å². The summed E-state index contributed by atoms with van der Waals surface area (Å²) in [5, 5.41) is 0.996. The van der Waals surface area contributed by atoms with Crippen LogP contribution in [0.25, 0.3) is 44.5 Å². The predicted octanol–water partition coefficient (Wildman–Crippen LogP) is 7.51. The van der Waals surface area contributed by atoms with Crippen LogP contribution in [-0.4, -0.2) is 11.0 Å². The highest BCUT2D eigenvalue weighted by Gasteiger charge is 2.23. The van der Waals surface area contributed by atoms with Gasteiger partial charge in [0, 0.05) is 16.5 Å². The van der Waals surface area contributed by atoms with Crippen molar-refractivity contribution in [3.05, 3.63) is 130 Å². The molecule has 0 bridgehead atoms. The molecule has 2 heterocycles. The zero-order valence-electron chi connectivity index (χ0n) is 20.9. The molecule has 0 spiro atoms. The van der Waals surface area contributed by atoms with Crippen molar-refractivity contribution in [1.29, 1.82) is 0 Å². The number of hydrogen-bond acceptors (Lipinski definition) is 5. The molecule has 0 saturated heterocycles. The molecule has 5 heteroatoms. The van der Waals surface area contributed by atoms with Gasteiger partial charge < -0.3 is 9.15 Å². The van der Waals surface area contributed by atoms with Crippen LogP contribution in [0, 0.1) is 13.8 Å². The molecule has 0 saturated carbocycles. The summed E-state index contributed by atoms with van der Waals surface area (Å²) in [4.78, 5) is 32.3. The molecule has 38 heavy (non-hydrogen) atoms. The first kappa shape index (κ1) is 23.4. The number of fused-ring (bicyclic) bond motifs is 2. The van der Waals surface area contributed by atoms with Crippen molar-refractivity contribution in [1.82, 2.24) is 4.98 Å². The maximum absolute atomic E-state index is 13.8. The van der Waals surface area contributed by atoms with E-state index in [-0.39, 0.29) is 11.5 Å². The van der Waals surface area contributed by atoms with Gasteiger partial charge in [0.05, 0.1) is 22.2 Å². The number of esters is 1. The van der Waals surface area contributed by atoms with E-state index in [1.54, 1.807) is 12.1 Å². The summed E-state index contributed by atoms with van der Waals surface area (Å²) in [5.74, 6) is -0.589. The number of hydrogen-bond donors (Lipinski definition) is 0. The fraction of sp³-hybridized carbons (Fsp3) is 0.0606. The Balaban J connectivity index is 1.54. The van der Waals surface area contributed by atoms with E-state index in [2.05, 4.69) is 0 Å². The summed E-state index contributed by atoms with van der Waals surface area (Å²) in [6, 6.07) is 31.5. The highest BCUT2D eigenvalue weighted by atomic mass is 16.5. The average Bonchev–Trinajstić information content (AvgIpc) is 2.96. The fourth-order valence-corrected chi connectivity index (χ4v) is 4.55. The lowest BCUT2D eigenvalue weighted by atomic mass is 10.0. The van der Waals surface area contributed by atoms with E-state index in [1.807, 2.05) is 105 Å². The molecule has 4 aromatic carbocycles. The molecule has 2 aromatic heterocycles. The number of aromatic nitrogens is 1. The summed E-state index contributed by atoms with van der Waals surface area (Å²) in [6.07, 6.45) is 0. The standard InChI is InChI=1S/C33H23NO4/c1-20-17-26-29(18-21(20)2)37-31(23-13-7-4-8-14-23)32(30(26)35)38-33(36)25-19-28(22-11-5-3-6-12-22)34-27-16-10-9-15-24(25)27/h3-19H,1-2H3. The third-order valence-corrected chi connectivity index (χ3v) is 6.70. The number of benzene rings is 4. The van der Waals surface area contributed by atoms with E-state index in [1.165, 1.54) is 0 Å². The van der Waals surface area contributed by atoms with Gasteiger partial charge in [-0.05, 0) is 49.2 Å². The highest BCUT2D eigenvalue weighted by molar-refractivity contribution is 6.05. The first-order valence-electron chi connectivity index (χ1n) is 12.3. The van der Waals surface area contributed by atoms with Crippen LogP contribution in [-0.2, 0) is 0 Å². The van der Waals surface area contributed by atoms with Crippen molar-refractivity contribution in [3.63, 3.8) is 0 Å². The molecule has 0 unspecified atom stereocenters. The molecule has 0 radical (unpaired) electrons. The smallest absolute Gasteiger partial charge is 0.344 e. The van der Waals surface area contributed by atoms with Gasteiger partial charge in [0.1, 0.15) is 5.58 Å². The van der Waals surface area contributed by atoms with Gasteiger partial charge in [-0.25, -0.2) is 9.78 Å². The molecular formula is C33H23NO4. The fourth-order valence-electron chi connectivity index (χ4n) is 4.55. The van der Waals surface area contributed by atoms with Crippen molar-refractivity contribution in [2.75, 3.05) is 0 Å². The molecule has 6 rings (SSSR count). The molecule has 0 atom stereocenters. The maximum Gasteiger partial charge on any atom is 0.344 e. The molecular weight excluding hydrogens is 474 g/mol. The minimum atomic E-state index is -0.659. The molecule has 0 N–H and O–H groups in total. The van der Waals surface area contributed by atoms with Crippen LogP contribution in [0.4, 0.5) is 0 Å². The predicted molar refractivity (Wildman–Crippen MR) is 150 cm³/mol. The third-order valence-electron chi connectivity index (χ3n) is 6.70. The Morgan fingerprint density at radius 2 is 1.37 bits per heavy atom. The zero-order valence-corrected chi connectivity index (χ0v) is 20.9. The Bertz CT molecular complexity index is 1890. The topological polar surface area (TPSA) is 69.4 Å². The van der Waals surface area contributed by atoms with E-state index in [4.69, 9.17) is 14.1 Å². The van der Waals surface area contributed by atoms with Gasteiger partial charge in [-0.3, -0.25) is 4.79 Å². The van der Waals surface area contributed by atoms with Crippen molar-refractivity contribution in [3.8, 4) is 28.3 Å². The Labute approximate surface area is 219 Å². The van der Waals surface area contributed by atoms with E-state index in [9.17, 15) is 9.59 Å². The first-order valence-corrected chi connectivity index (χ1v) is 12.3. The molecule has 0 aliphatic heterocycles. The number of carbonyl (C=O) groups is 1. The lowest BCUT2D eigenvalue weighted by Crippen LogP contribution is -2.17. The van der Waals surface area contributed by atoms with Crippen LogP contribution in [0.3, 0.4) is 0 Å². The van der Waals surface area contributed by atoms with Crippen molar-refractivity contribution < 1.29 is 13.9 Å². The maximum atomic E-state index is 13.8. The minimum absolute atomic E-state index is 0.140. The molecule has 0 aliphatic rings. The van der Waals surface area contributed by atoms with E-state index >= 15 is 0 Å². The van der Waals surface area contributed by atoms with Crippen molar-refractivity contribution >= 4 is 27.8 Å². The van der Waals surface area contributed by atoms with Gasteiger partial charge in [-0.2, -0.15) is 0 Å². The number of nitrogens with zero attached hydrogens (tertiary/aromatic N) is 1. The summed E-state index contributed by atoms with van der Waals surface area (Å²) in [6.45, 7) is 3.89. The van der Waals surface area contributed by atoms with Gasteiger partial charge in [-0.1, -0.05) is 78.9 Å². The van der Waals surface area contributed by atoms with Gasteiger partial charge in [-0.15, -0.1) is 0 Å². The summed E-state index contributed by atoms with van der Waals surface area (Å²) in [5.41, 5.74) is 5.10. The van der Waals surface area contributed by atoms with Crippen molar-refractivity contribution in [2.24, 2.45) is 0 Å². The van der Waals surface area contributed by atoms with Crippen molar-refractivity contribution in [2.45, 2.75) is 13.8 Å². The Hall–Kier alpha value is -5.03. The van der Waals surface area contributed by atoms with Gasteiger partial charge in [0.2, 0.25) is 11.2 Å². The van der Waals surface area contributed by atoms with Crippen LogP contribution >= 0.6 is 0 Å². The SMILES string of the molecule is Cc1cc2oc(-c3ccccc3)c(OC(=O)c3cc(-c4ccccc4)nc4ccccc34)c(=O)c2cc1C. The minimum Gasteiger partial charge on any atom is -0.452 e. The molecule has 5 nitrogen and oxygen atoms in total. The van der Waals surface area contributed by atoms with Gasteiger partial charge in [0.15, 0.2) is 5.76 Å². The van der Waals surface area contributed by atoms with Crippen LogP contribution in [0.5, 0.6) is 5.75 Å².